The fourth-order valence-corrected chi connectivity index (χ4v) is 2.91. The third-order valence-electron chi connectivity index (χ3n) is 4.17. The van der Waals surface area contributed by atoms with Crippen LogP contribution >= 0.6 is 0 Å². The number of imidazole rings is 1. The molecule has 0 aromatic carbocycles. The standard InChI is InChI=1S/C18H19N7O/c1-3-5-9-24-14(13-19)21-16-15(17(24)26)25(10-6-4-2)18(22-16)23-11-7-20-8-12-23/h20H,7-12H2,1-2H3. The van der Waals surface area contributed by atoms with Gasteiger partial charge in [0.1, 0.15) is 6.07 Å². The smallest absolute Gasteiger partial charge is 0.281 e. The normalized spacial score (nSPS) is 13.5. The van der Waals surface area contributed by atoms with Crippen LogP contribution < -0.4 is 15.8 Å². The maximum atomic E-state index is 13.1. The van der Waals surface area contributed by atoms with Gasteiger partial charge in [-0.05, 0) is 13.8 Å². The Morgan fingerprint density at radius 3 is 2.35 bits per heavy atom. The number of rotatable bonds is 3. The van der Waals surface area contributed by atoms with Crippen LogP contribution in [0.1, 0.15) is 19.7 Å². The molecule has 0 aliphatic carbocycles. The molecule has 3 rings (SSSR count). The summed E-state index contributed by atoms with van der Waals surface area (Å²) in [4.78, 5) is 24.0. The Morgan fingerprint density at radius 2 is 1.73 bits per heavy atom. The number of anilines is 1. The van der Waals surface area contributed by atoms with Gasteiger partial charge in [0.2, 0.25) is 11.8 Å². The number of hydrogen-bond donors (Lipinski definition) is 1. The first kappa shape index (κ1) is 17.5. The van der Waals surface area contributed by atoms with Crippen LogP contribution in [0.25, 0.3) is 11.2 Å². The van der Waals surface area contributed by atoms with Crippen molar-refractivity contribution in [1.82, 2.24) is 24.4 Å². The Bertz CT molecular complexity index is 1040. The minimum Gasteiger partial charge on any atom is -0.340 e. The Balaban J connectivity index is 2.26. The summed E-state index contributed by atoms with van der Waals surface area (Å²) < 4.78 is 3.08. The summed E-state index contributed by atoms with van der Waals surface area (Å²) in [7, 11) is 0. The molecule has 0 amide bonds. The molecule has 1 saturated heterocycles. The number of fused-ring (bicyclic) bond motifs is 1. The lowest BCUT2D eigenvalue weighted by molar-refractivity contribution is 0.573. The zero-order valence-electron chi connectivity index (χ0n) is 14.8. The quantitative estimate of drug-likeness (QED) is 0.780. The van der Waals surface area contributed by atoms with Crippen LogP contribution in [0.15, 0.2) is 4.79 Å². The maximum Gasteiger partial charge on any atom is 0.281 e. The fraction of sp³-hybridized carbons (Fsp3) is 0.444. The summed E-state index contributed by atoms with van der Waals surface area (Å²) in [6.07, 6.45) is 0. The molecule has 1 N–H and O–H groups in total. The van der Waals surface area contributed by atoms with Gasteiger partial charge in [0.15, 0.2) is 11.2 Å². The second-order valence-corrected chi connectivity index (χ2v) is 5.70. The predicted molar refractivity (Wildman–Crippen MR) is 98.5 cm³/mol. The van der Waals surface area contributed by atoms with Gasteiger partial charge in [0, 0.05) is 26.2 Å². The van der Waals surface area contributed by atoms with E-state index in [1.807, 2.05) is 6.07 Å². The highest BCUT2D eigenvalue weighted by molar-refractivity contribution is 5.75. The molecular weight excluding hydrogens is 330 g/mol. The number of piperazine rings is 1. The molecule has 0 atom stereocenters. The SMILES string of the molecule is CC#CCn1c(C#N)nc2nc(N3CCNCC3)n(CC#CC)c2c1=O. The van der Waals surface area contributed by atoms with Gasteiger partial charge in [-0.2, -0.15) is 15.2 Å². The lowest BCUT2D eigenvalue weighted by atomic mass is 10.4. The van der Waals surface area contributed by atoms with Gasteiger partial charge in [0.05, 0.1) is 13.1 Å². The van der Waals surface area contributed by atoms with E-state index in [1.54, 1.807) is 18.4 Å². The Morgan fingerprint density at radius 1 is 1.08 bits per heavy atom. The van der Waals surface area contributed by atoms with Crippen LogP contribution in [0.2, 0.25) is 0 Å². The summed E-state index contributed by atoms with van der Waals surface area (Å²) in [6, 6.07) is 1.97. The van der Waals surface area contributed by atoms with Crippen molar-refractivity contribution >= 4 is 17.1 Å². The highest BCUT2D eigenvalue weighted by Crippen LogP contribution is 2.20. The van der Waals surface area contributed by atoms with E-state index in [2.05, 4.69) is 43.9 Å². The Kier molecular flexibility index (Phi) is 5.22. The number of hydrogen-bond acceptors (Lipinski definition) is 6. The average Bonchev–Trinajstić information content (AvgIpc) is 3.04. The van der Waals surface area contributed by atoms with Crippen molar-refractivity contribution in [2.75, 3.05) is 31.1 Å². The molecule has 8 heteroatoms. The number of nitrogens with zero attached hydrogens (tertiary/aromatic N) is 6. The van der Waals surface area contributed by atoms with E-state index < -0.39 is 0 Å². The Labute approximate surface area is 151 Å². The largest absolute Gasteiger partial charge is 0.340 e. The van der Waals surface area contributed by atoms with E-state index in [9.17, 15) is 10.1 Å². The minimum absolute atomic E-state index is 0.0170. The van der Waals surface area contributed by atoms with Crippen LogP contribution in [0, 0.1) is 35.0 Å². The second-order valence-electron chi connectivity index (χ2n) is 5.70. The zero-order valence-corrected chi connectivity index (χ0v) is 14.8. The van der Waals surface area contributed by atoms with Crippen molar-refractivity contribution in [3.63, 3.8) is 0 Å². The minimum atomic E-state index is -0.318. The molecule has 0 saturated carbocycles. The van der Waals surface area contributed by atoms with E-state index in [1.165, 1.54) is 4.57 Å². The monoisotopic (exact) mass is 349 g/mol. The number of aromatic nitrogens is 4. The van der Waals surface area contributed by atoms with Crippen molar-refractivity contribution in [2.45, 2.75) is 26.9 Å². The molecule has 1 fully saturated rings. The third-order valence-corrected chi connectivity index (χ3v) is 4.17. The highest BCUT2D eigenvalue weighted by Gasteiger charge is 2.23. The first-order chi connectivity index (χ1) is 12.7. The third kappa shape index (κ3) is 3.13. The van der Waals surface area contributed by atoms with Crippen LogP contribution in [0.5, 0.6) is 0 Å². The van der Waals surface area contributed by atoms with E-state index in [-0.39, 0.29) is 23.6 Å². The van der Waals surface area contributed by atoms with Crippen molar-refractivity contribution < 1.29 is 0 Å². The molecule has 2 aromatic heterocycles. The van der Waals surface area contributed by atoms with E-state index in [4.69, 9.17) is 0 Å². The summed E-state index contributed by atoms with van der Waals surface area (Å²) >= 11 is 0. The highest BCUT2D eigenvalue weighted by atomic mass is 16.1. The molecule has 132 valence electrons. The van der Waals surface area contributed by atoms with Gasteiger partial charge in [-0.15, -0.1) is 11.8 Å². The van der Waals surface area contributed by atoms with Gasteiger partial charge in [-0.3, -0.25) is 13.9 Å². The van der Waals surface area contributed by atoms with E-state index >= 15 is 0 Å². The molecule has 26 heavy (non-hydrogen) atoms. The topological polar surface area (TPSA) is 91.8 Å². The molecule has 0 spiro atoms. The first-order valence-corrected chi connectivity index (χ1v) is 8.37. The first-order valence-electron chi connectivity index (χ1n) is 8.37. The van der Waals surface area contributed by atoms with Crippen molar-refractivity contribution in [2.24, 2.45) is 0 Å². The average molecular weight is 349 g/mol. The molecule has 0 radical (unpaired) electrons. The summed E-state index contributed by atoms with van der Waals surface area (Å²) in [5.41, 5.74) is 0.318. The van der Waals surface area contributed by atoms with Crippen molar-refractivity contribution in [3.05, 3.63) is 16.2 Å². The molecular formula is C18H19N7O. The van der Waals surface area contributed by atoms with Gasteiger partial charge in [0.25, 0.3) is 5.56 Å². The maximum absolute atomic E-state index is 13.1. The molecule has 2 aromatic rings. The van der Waals surface area contributed by atoms with Crippen LogP contribution in [-0.2, 0) is 13.1 Å². The zero-order chi connectivity index (χ0) is 18.5. The second kappa shape index (κ2) is 7.74. The van der Waals surface area contributed by atoms with Gasteiger partial charge >= 0.3 is 0 Å². The lowest BCUT2D eigenvalue weighted by Crippen LogP contribution is -2.44. The van der Waals surface area contributed by atoms with Gasteiger partial charge in [-0.1, -0.05) is 11.8 Å². The summed E-state index contributed by atoms with van der Waals surface area (Å²) in [6.45, 7) is 7.15. The molecule has 8 nitrogen and oxygen atoms in total. The molecule has 0 unspecified atom stereocenters. The van der Waals surface area contributed by atoms with Crippen molar-refractivity contribution in [3.8, 4) is 29.8 Å². The number of nitrogens with one attached hydrogen (secondary N) is 1. The van der Waals surface area contributed by atoms with Crippen LogP contribution in [0.4, 0.5) is 5.95 Å². The van der Waals surface area contributed by atoms with Crippen LogP contribution in [0.3, 0.4) is 0 Å². The van der Waals surface area contributed by atoms with E-state index in [0.717, 1.165) is 26.2 Å². The molecule has 3 heterocycles. The van der Waals surface area contributed by atoms with Crippen LogP contribution in [-0.4, -0.2) is 45.3 Å². The summed E-state index contributed by atoms with van der Waals surface area (Å²) in [5, 5.41) is 12.7. The van der Waals surface area contributed by atoms with Crippen molar-refractivity contribution in [1.29, 1.82) is 5.26 Å². The van der Waals surface area contributed by atoms with Gasteiger partial charge in [-0.25, -0.2) is 0 Å². The summed E-state index contributed by atoms with van der Waals surface area (Å²) in [5.74, 6) is 12.1. The number of nitriles is 1. The Hall–Kier alpha value is -3.28. The fourth-order valence-electron chi connectivity index (χ4n) is 2.91. The van der Waals surface area contributed by atoms with Gasteiger partial charge < -0.3 is 10.2 Å². The van der Waals surface area contributed by atoms with E-state index in [0.29, 0.717) is 18.0 Å². The predicted octanol–water partition coefficient (Wildman–Crippen LogP) is -0.0791. The molecule has 1 aliphatic rings. The molecule has 0 bridgehead atoms. The lowest BCUT2D eigenvalue weighted by Gasteiger charge is -2.28. The molecule has 1 aliphatic heterocycles.